The predicted octanol–water partition coefficient (Wildman–Crippen LogP) is 0.413. The number of carbonyl (C=O) groups is 2. The van der Waals surface area contributed by atoms with Crippen LogP contribution in [0.3, 0.4) is 0 Å². The van der Waals surface area contributed by atoms with Crippen molar-refractivity contribution in [3.63, 3.8) is 0 Å². The summed E-state index contributed by atoms with van der Waals surface area (Å²) in [7, 11) is 3.51. The van der Waals surface area contributed by atoms with E-state index in [4.69, 9.17) is 0 Å². The van der Waals surface area contributed by atoms with Crippen molar-refractivity contribution in [2.45, 2.75) is 26.2 Å². The molecule has 0 saturated carbocycles. The Morgan fingerprint density at radius 1 is 0.875 bits per heavy atom. The molecular formula is C10H18N4O2. The number of hydrogen-bond acceptors (Lipinski definition) is 2. The van der Waals surface area contributed by atoms with Gasteiger partial charge in [0.05, 0.1) is 0 Å². The average molecular weight is 226 g/mol. The Labute approximate surface area is 95.4 Å². The minimum Gasteiger partial charge on any atom is -0.303 e. The SMILES string of the molecule is CCN1C(=O)N(C)[C@@H]2[C@H]1N(C)C(=O)N2CC. The van der Waals surface area contributed by atoms with E-state index >= 15 is 0 Å². The van der Waals surface area contributed by atoms with Gasteiger partial charge >= 0.3 is 12.1 Å². The Bertz CT molecular complexity index is 301. The lowest BCUT2D eigenvalue weighted by Crippen LogP contribution is -2.44. The van der Waals surface area contributed by atoms with E-state index in [0.717, 1.165) is 0 Å². The first-order valence-corrected chi connectivity index (χ1v) is 5.61. The van der Waals surface area contributed by atoms with Gasteiger partial charge in [0.2, 0.25) is 0 Å². The van der Waals surface area contributed by atoms with E-state index in [2.05, 4.69) is 0 Å². The van der Waals surface area contributed by atoms with Crippen LogP contribution in [0.2, 0.25) is 0 Å². The van der Waals surface area contributed by atoms with Gasteiger partial charge in [0.15, 0.2) is 0 Å². The second-order valence-electron chi connectivity index (χ2n) is 4.19. The van der Waals surface area contributed by atoms with Crippen LogP contribution in [0, 0.1) is 0 Å². The highest BCUT2D eigenvalue weighted by Crippen LogP contribution is 2.32. The van der Waals surface area contributed by atoms with Crippen LogP contribution >= 0.6 is 0 Å². The third kappa shape index (κ3) is 1.12. The molecule has 0 aromatic heterocycles. The number of urea groups is 2. The summed E-state index contributed by atoms with van der Waals surface area (Å²) in [5.41, 5.74) is 0. The Kier molecular flexibility index (Phi) is 2.44. The van der Waals surface area contributed by atoms with Crippen LogP contribution < -0.4 is 0 Å². The molecule has 0 N–H and O–H groups in total. The Hall–Kier alpha value is -1.46. The van der Waals surface area contributed by atoms with Crippen LogP contribution in [0.5, 0.6) is 0 Å². The van der Waals surface area contributed by atoms with Crippen LogP contribution in [-0.4, -0.2) is 71.2 Å². The molecule has 2 fully saturated rings. The Balaban J connectivity index is 2.37. The summed E-state index contributed by atoms with van der Waals surface area (Å²) >= 11 is 0. The van der Waals surface area contributed by atoms with Crippen molar-refractivity contribution in [2.75, 3.05) is 27.2 Å². The molecule has 2 rings (SSSR count). The topological polar surface area (TPSA) is 47.1 Å². The van der Waals surface area contributed by atoms with Gasteiger partial charge in [-0.3, -0.25) is 0 Å². The van der Waals surface area contributed by atoms with Gasteiger partial charge in [0, 0.05) is 27.2 Å². The molecule has 0 aromatic carbocycles. The standard InChI is InChI=1S/C10H18N4O2/c1-5-13-7-8(12(4)9(13)15)14(6-2)10(16)11(7)3/h7-8H,5-6H2,1-4H3/t7-,8-/m0/s1. The van der Waals surface area contributed by atoms with Crippen molar-refractivity contribution in [1.29, 1.82) is 0 Å². The zero-order valence-corrected chi connectivity index (χ0v) is 10.2. The minimum atomic E-state index is -0.144. The fourth-order valence-corrected chi connectivity index (χ4v) is 2.64. The molecule has 0 aromatic rings. The lowest BCUT2D eigenvalue weighted by atomic mass is 10.3. The number of nitrogens with zero attached hydrogens (tertiary/aromatic N) is 4. The maximum atomic E-state index is 12.0. The van der Waals surface area contributed by atoms with E-state index in [1.165, 1.54) is 0 Å². The fourth-order valence-electron chi connectivity index (χ4n) is 2.64. The first kappa shape index (κ1) is 11.0. The first-order chi connectivity index (χ1) is 7.54. The zero-order valence-electron chi connectivity index (χ0n) is 10.2. The third-order valence-corrected chi connectivity index (χ3v) is 3.48. The van der Waals surface area contributed by atoms with E-state index in [1.54, 1.807) is 33.7 Å². The van der Waals surface area contributed by atoms with Gasteiger partial charge in [-0.1, -0.05) is 0 Å². The molecule has 2 heterocycles. The molecular weight excluding hydrogens is 208 g/mol. The quantitative estimate of drug-likeness (QED) is 0.685. The summed E-state index contributed by atoms with van der Waals surface area (Å²) in [6.07, 6.45) is -0.287. The molecule has 6 heteroatoms. The largest absolute Gasteiger partial charge is 0.323 e. The van der Waals surface area contributed by atoms with Crippen molar-refractivity contribution in [3.05, 3.63) is 0 Å². The maximum Gasteiger partial charge on any atom is 0.323 e. The van der Waals surface area contributed by atoms with E-state index in [1.807, 2.05) is 13.8 Å². The number of amides is 4. The lowest BCUT2D eigenvalue weighted by Gasteiger charge is -2.25. The molecule has 0 spiro atoms. The number of fused-ring (bicyclic) bond motifs is 1. The van der Waals surface area contributed by atoms with Crippen molar-refractivity contribution in [1.82, 2.24) is 19.6 Å². The molecule has 2 atom stereocenters. The minimum absolute atomic E-state index is 0.00435. The van der Waals surface area contributed by atoms with E-state index in [-0.39, 0.29) is 24.4 Å². The zero-order chi connectivity index (χ0) is 12.0. The summed E-state index contributed by atoms with van der Waals surface area (Å²) in [4.78, 5) is 30.7. The van der Waals surface area contributed by atoms with Crippen LogP contribution in [0.15, 0.2) is 0 Å². The monoisotopic (exact) mass is 226 g/mol. The molecule has 0 bridgehead atoms. The van der Waals surface area contributed by atoms with Gasteiger partial charge in [0.1, 0.15) is 12.3 Å². The predicted molar refractivity (Wildman–Crippen MR) is 58.7 cm³/mol. The Morgan fingerprint density at radius 3 is 1.44 bits per heavy atom. The number of carbonyl (C=O) groups excluding carboxylic acids is 2. The number of likely N-dealkylation sites (N-methyl/N-ethyl adjacent to an activating group) is 4. The highest BCUT2D eigenvalue weighted by atomic mass is 16.2. The van der Waals surface area contributed by atoms with Gasteiger partial charge in [0.25, 0.3) is 0 Å². The van der Waals surface area contributed by atoms with Gasteiger partial charge in [-0.05, 0) is 13.8 Å². The molecule has 0 aliphatic carbocycles. The second kappa shape index (κ2) is 3.54. The molecule has 90 valence electrons. The van der Waals surface area contributed by atoms with Crippen molar-refractivity contribution < 1.29 is 9.59 Å². The smallest absolute Gasteiger partial charge is 0.303 e. The van der Waals surface area contributed by atoms with E-state index in [9.17, 15) is 9.59 Å². The highest BCUT2D eigenvalue weighted by molar-refractivity contribution is 5.84. The maximum absolute atomic E-state index is 12.0. The molecule has 2 aliphatic heterocycles. The number of rotatable bonds is 2. The van der Waals surface area contributed by atoms with Gasteiger partial charge < -0.3 is 19.6 Å². The lowest BCUT2D eigenvalue weighted by molar-refractivity contribution is 0.147. The first-order valence-electron chi connectivity index (χ1n) is 5.61. The van der Waals surface area contributed by atoms with Gasteiger partial charge in [-0.15, -0.1) is 0 Å². The van der Waals surface area contributed by atoms with E-state index < -0.39 is 0 Å². The van der Waals surface area contributed by atoms with Crippen LogP contribution in [-0.2, 0) is 0 Å². The van der Waals surface area contributed by atoms with Crippen molar-refractivity contribution in [2.24, 2.45) is 0 Å². The van der Waals surface area contributed by atoms with Gasteiger partial charge in [-0.2, -0.15) is 0 Å². The summed E-state index contributed by atoms with van der Waals surface area (Å²) < 4.78 is 0. The molecule has 6 nitrogen and oxygen atoms in total. The Morgan fingerprint density at radius 2 is 1.19 bits per heavy atom. The highest BCUT2D eigenvalue weighted by Gasteiger charge is 2.55. The van der Waals surface area contributed by atoms with Crippen molar-refractivity contribution in [3.8, 4) is 0 Å². The summed E-state index contributed by atoms with van der Waals surface area (Å²) in [5.74, 6) is 0. The van der Waals surface area contributed by atoms with Crippen LogP contribution in [0.25, 0.3) is 0 Å². The molecule has 0 radical (unpaired) electrons. The summed E-state index contributed by atoms with van der Waals surface area (Å²) in [5, 5.41) is 0. The number of hydrogen-bond donors (Lipinski definition) is 0. The van der Waals surface area contributed by atoms with Gasteiger partial charge in [-0.25, -0.2) is 9.59 Å². The van der Waals surface area contributed by atoms with Crippen LogP contribution in [0.1, 0.15) is 13.8 Å². The molecule has 2 saturated heterocycles. The normalized spacial score (nSPS) is 29.5. The molecule has 4 amide bonds. The van der Waals surface area contributed by atoms with E-state index in [0.29, 0.717) is 13.1 Å². The summed E-state index contributed by atoms with van der Waals surface area (Å²) in [6, 6.07) is -0.00870. The summed E-state index contributed by atoms with van der Waals surface area (Å²) in [6.45, 7) is 5.11. The molecule has 2 aliphatic rings. The average Bonchev–Trinajstić information content (AvgIpc) is 2.66. The van der Waals surface area contributed by atoms with Crippen LogP contribution in [0.4, 0.5) is 9.59 Å². The molecule has 0 unspecified atom stereocenters. The third-order valence-electron chi connectivity index (χ3n) is 3.48. The van der Waals surface area contributed by atoms with Crippen molar-refractivity contribution >= 4 is 12.1 Å². The fraction of sp³-hybridized carbons (Fsp3) is 0.800. The molecule has 16 heavy (non-hydrogen) atoms. The second-order valence-corrected chi connectivity index (χ2v) is 4.19.